The van der Waals surface area contributed by atoms with Gasteiger partial charge in [-0.2, -0.15) is 4.98 Å². The number of nitrogens with zero attached hydrogens (tertiary/aromatic N) is 5. The van der Waals surface area contributed by atoms with Crippen molar-refractivity contribution in [2.75, 3.05) is 19.6 Å². The second-order valence-electron chi connectivity index (χ2n) is 9.10. The maximum Gasteiger partial charge on any atom is 0.229 e. The van der Waals surface area contributed by atoms with Gasteiger partial charge >= 0.3 is 0 Å². The van der Waals surface area contributed by atoms with Crippen molar-refractivity contribution < 1.29 is 9.32 Å². The molecule has 2 fully saturated rings. The molecular formula is C24H31N5O2. The summed E-state index contributed by atoms with van der Waals surface area (Å²) in [4.78, 5) is 21.4. The molecule has 0 spiro atoms. The molecule has 1 atom stereocenters. The van der Waals surface area contributed by atoms with Gasteiger partial charge in [-0.25, -0.2) is 0 Å². The van der Waals surface area contributed by atoms with Gasteiger partial charge in [0.2, 0.25) is 11.8 Å². The van der Waals surface area contributed by atoms with Gasteiger partial charge in [-0.1, -0.05) is 29.8 Å². The lowest BCUT2D eigenvalue weighted by Gasteiger charge is -2.28. The molecule has 5 rings (SSSR count). The minimum atomic E-state index is 0.125. The summed E-state index contributed by atoms with van der Waals surface area (Å²) in [6, 6.07) is 8.79. The first-order valence-electron chi connectivity index (χ1n) is 11.4. The molecule has 1 amide bonds. The molecule has 1 aromatic carbocycles. The number of aryl methyl sites for hydroxylation is 1. The van der Waals surface area contributed by atoms with E-state index in [0.717, 1.165) is 50.6 Å². The van der Waals surface area contributed by atoms with Gasteiger partial charge in [-0.05, 0) is 30.9 Å². The Bertz CT molecular complexity index is 1070. The Hall–Kier alpha value is -2.67. The Labute approximate surface area is 183 Å². The van der Waals surface area contributed by atoms with Crippen LogP contribution in [0.4, 0.5) is 0 Å². The lowest BCUT2D eigenvalue weighted by atomic mass is 9.85. The van der Waals surface area contributed by atoms with E-state index in [2.05, 4.69) is 57.1 Å². The predicted molar refractivity (Wildman–Crippen MR) is 119 cm³/mol. The summed E-state index contributed by atoms with van der Waals surface area (Å²) in [5.74, 6) is 2.07. The molecule has 2 aliphatic rings. The summed E-state index contributed by atoms with van der Waals surface area (Å²) < 4.78 is 7.63. The van der Waals surface area contributed by atoms with Crippen LogP contribution in [0.1, 0.15) is 55.8 Å². The predicted octanol–water partition coefficient (Wildman–Crippen LogP) is 3.49. The number of para-hydroxylation sites is 1. The largest absolute Gasteiger partial charge is 0.350 e. The molecule has 1 saturated carbocycles. The number of hydrogen-bond acceptors (Lipinski definition) is 5. The third-order valence-electron chi connectivity index (χ3n) is 6.98. The van der Waals surface area contributed by atoms with E-state index in [1.807, 2.05) is 4.90 Å². The topological polar surface area (TPSA) is 67.4 Å². The quantitative estimate of drug-likeness (QED) is 0.584. The van der Waals surface area contributed by atoms with Crippen LogP contribution in [-0.4, -0.2) is 56.1 Å². The minimum Gasteiger partial charge on any atom is -0.350 e. The number of fused-ring (bicyclic) bond motifs is 1. The molecule has 7 heteroatoms. The first-order chi connectivity index (χ1) is 15.1. The van der Waals surface area contributed by atoms with E-state index in [1.54, 1.807) is 6.92 Å². The summed E-state index contributed by atoms with van der Waals surface area (Å²) in [5.41, 5.74) is 2.61. The highest BCUT2D eigenvalue weighted by atomic mass is 16.5. The minimum absolute atomic E-state index is 0.125. The van der Waals surface area contributed by atoms with Crippen molar-refractivity contribution in [2.45, 2.75) is 57.5 Å². The second kappa shape index (κ2) is 8.46. The molecule has 3 heterocycles. The van der Waals surface area contributed by atoms with Crippen molar-refractivity contribution in [3.8, 4) is 0 Å². The van der Waals surface area contributed by atoms with Crippen molar-refractivity contribution in [3.05, 3.63) is 47.7 Å². The number of carbonyl (C=O) groups excluding carboxylic acids is 1. The van der Waals surface area contributed by atoms with Crippen molar-refractivity contribution in [1.82, 2.24) is 24.5 Å². The Balaban J connectivity index is 1.20. The number of benzene rings is 1. The van der Waals surface area contributed by atoms with E-state index in [-0.39, 0.29) is 11.9 Å². The van der Waals surface area contributed by atoms with Crippen LogP contribution in [0.15, 0.2) is 35.0 Å². The first kappa shape index (κ1) is 20.2. The fourth-order valence-electron chi connectivity index (χ4n) is 5.01. The van der Waals surface area contributed by atoms with E-state index in [0.29, 0.717) is 18.9 Å². The molecule has 164 valence electrons. The maximum atomic E-state index is 12.4. The number of aromatic nitrogens is 3. The molecule has 0 radical (unpaired) electrons. The van der Waals surface area contributed by atoms with E-state index in [1.165, 1.54) is 22.9 Å². The van der Waals surface area contributed by atoms with Gasteiger partial charge in [-0.15, -0.1) is 0 Å². The summed E-state index contributed by atoms with van der Waals surface area (Å²) in [6.07, 6.45) is 7.43. The molecule has 0 N–H and O–H groups in total. The zero-order chi connectivity index (χ0) is 21.4. The van der Waals surface area contributed by atoms with Crippen LogP contribution >= 0.6 is 0 Å². The van der Waals surface area contributed by atoms with Crippen LogP contribution in [0.2, 0.25) is 0 Å². The number of carbonyl (C=O) groups is 1. The second-order valence-corrected chi connectivity index (χ2v) is 9.10. The normalized spacial score (nSPS) is 19.7. The molecular weight excluding hydrogens is 390 g/mol. The smallest absolute Gasteiger partial charge is 0.229 e. The van der Waals surface area contributed by atoms with E-state index < -0.39 is 0 Å². The highest BCUT2D eigenvalue weighted by molar-refractivity contribution is 5.83. The molecule has 31 heavy (non-hydrogen) atoms. The zero-order valence-electron chi connectivity index (χ0n) is 18.5. The first-order valence-corrected chi connectivity index (χ1v) is 11.4. The average Bonchev–Trinajstić information content (AvgIpc) is 3.42. The molecule has 1 aliphatic heterocycles. The van der Waals surface area contributed by atoms with Gasteiger partial charge in [0.15, 0.2) is 5.82 Å². The Morgan fingerprint density at radius 3 is 2.87 bits per heavy atom. The Kier molecular flexibility index (Phi) is 5.52. The Morgan fingerprint density at radius 1 is 1.26 bits per heavy atom. The van der Waals surface area contributed by atoms with E-state index >= 15 is 0 Å². The standard InChI is InChI=1S/C24H31N5O2/c1-17(30)29(13-11-23-25-24(31-26-23)18-6-5-7-18)20-10-12-28(16-20)15-19-14-27(2)22-9-4-3-8-21(19)22/h3-4,8-9,14,18,20H,5-7,10-13,15-16H2,1-2H3/t20-/m0/s1. The van der Waals surface area contributed by atoms with Gasteiger partial charge in [0.1, 0.15) is 0 Å². The molecule has 1 aliphatic carbocycles. The van der Waals surface area contributed by atoms with Gasteiger partial charge in [0.25, 0.3) is 0 Å². The molecule has 0 unspecified atom stereocenters. The maximum absolute atomic E-state index is 12.4. The third-order valence-corrected chi connectivity index (χ3v) is 6.98. The Morgan fingerprint density at radius 2 is 2.10 bits per heavy atom. The monoisotopic (exact) mass is 421 g/mol. The van der Waals surface area contributed by atoms with Crippen molar-refractivity contribution in [1.29, 1.82) is 0 Å². The third kappa shape index (κ3) is 4.11. The summed E-state index contributed by atoms with van der Waals surface area (Å²) in [6.45, 7) is 5.14. The summed E-state index contributed by atoms with van der Waals surface area (Å²) in [5, 5.41) is 5.46. The zero-order valence-corrected chi connectivity index (χ0v) is 18.5. The van der Waals surface area contributed by atoms with E-state index in [4.69, 9.17) is 4.52 Å². The van der Waals surface area contributed by atoms with Gasteiger partial charge in [-0.3, -0.25) is 9.69 Å². The van der Waals surface area contributed by atoms with Gasteiger partial charge in [0, 0.05) is 75.6 Å². The van der Waals surface area contributed by atoms with Crippen LogP contribution in [-0.2, 0) is 24.8 Å². The lowest BCUT2D eigenvalue weighted by molar-refractivity contribution is -0.130. The number of likely N-dealkylation sites (tertiary alicyclic amines) is 1. The van der Waals surface area contributed by atoms with Gasteiger partial charge in [0.05, 0.1) is 0 Å². The van der Waals surface area contributed by atoms with Crippen LogP contribution in [0.5, 0.6) is 0 Å². The van der Waals surface area contributed by atoms with Gasteiger partial charge < -0.3 is 14.0 Å². The fraction of sp³-hybridized carbons (Fsp3) is 0.542. The van der Waals surface area contributed by atoms with Crippen molar-refractivity contribution >= 4 is 16.8 Å². The number of hydrogen-bond donors (Lipinski definition) is 0. The van der Waals surface area contributed by atoms with Crippen molar-refractivity contribution in [2.24, 2.45) is 7.05 Å². The number of amides is 1. The number of rotatable bonds is 7. The average molecular weight is 422 g/mol. The molecule has 0 bridgehead atoms. The molecule has 1 saturated heterocycles. The van der Waals surface area contributed by atoms with Crippen LogP contribution in [0.25, 0.3) is 10.9 Å². The molecule has 2 aromatic heterocycles. The summed E-state index contributed by atoms with van der Waals surface area (Å²) in [7, 11) is 2.10. The SMILES string of the molecule is CC(=O)N(CCc1noc(C2CCC2)n1)[C@H]1CCN(Cc2cn(C)c3ccccc23)C1. The molecule has 3 aromatic rings. The summed E-state index contributed by atoms with van der Waals surface area (Å²) >= 11 is 0. The van der Waals surface area contributed by atoms with Crippen LogP contribution in [0.3, 0.4) is 0 Å². The van der Waals surface area contributed by atoms with Crippen LogP contribution in [0, 0.1) is 0 Å². The van der Waals surface area contributed by atoms with Crippen molar-refractivity contribution in [3.63, 3.8) is 0 Å². The highest BCUT2D eigenvalue weighted by Gasteiger charge is 2.30. The highest BCUT2D eigenvalue weighted by Crippen LogP contribution is 2.35. The lowest BCUT2D eigenvalue weighted by Crippen LogP contribution is -2.42. The van der Waals surface area contributed by atoms with Crippen LogP contribution < -0.4 is 0 Å². The fourth-order valence-corrected chi connectivity index (χ4v) is 5.01. The molecule has 7 nitrogen and oxygen atoms in total. The van der Waals surface area contributed by atoms with E-state index in [9.17, 15) is 4.79 Å².